The van der Waals surface area contributed by atoms with E-state index >= 15 is 0 Å². The number of benzene rings is 1. The van der Waals surface area contributed by atoms with E-state index in [1.807, 2.05) is 0 Å². The molecular formula is C13H19NO. The van der Waals surface area contributed by atoms with Gasteiger partial charge in [0.1, 0.15) is 5.75 Å². The molecule has 1 atom stereocenters. The average Bonchev–Trinajstić information content (AvgIpc) is 2.80. The van der Waals surface area contributed by atoms with Gasteiger partial charge < -0.3 is 10.1 Å². The van der Waals surface area contributed by atoms with Crippen molar-refractivity contribution in [2.45, 2.75) is 32.2 Å². The standard InChI is InChI=1S/C13H19NO/c1-2-10-15-12-7-5-11(6-8-12)13-4-3-9-14-13/h5-8,13-14H,2-4,9-10H2,1H3/t13-/m1/s1. The molecule has 0 bridgehead atoms. The lowest BCUT2D eigenvalue weighted by Gasteiger charge is -2.11. The normalized spacial score (nSPS) is 20.5. The maximum absolute atomic E-state index is 5.55. The molecule has 2 heteroatoms. The van der Waals surface area contributed by atoms with E-state index in [-0.39, 0.29) is 0 Å². The fourth-order valence-corrected chi connectivity index (χ4v) is 1.99. The van der Waals surface area contributed by atoms with E-state index in [0.717, 1.165) is 25.3 Å². The number of hydrogen-bond donors (Lipinski definition) is 1. The van der Waals surface area contributed by atoms with Gasteiger partial charge in [-0.25, -0.2) is 0 Å². The molecule has 0 radical (unpaired) electrons. The predicted molar refractivity (Wildman–Crippen MR) is 62.2 cm³/mol. The number of ether oxygens (including phenoxy) is 1. The molecule has 1 saturated heterocycles. The molecule has 1 N–H and O–H groups in total. The lowest BCUT2D eigenvalue weighted by Crippen LogP contribution is -2.12. The number of nitrogens with one attached hydrogen (secondary N) is 1. The van der Waals surface area contributed by atoms with E-state index in [4.69, 9.17) is 4.74 Å². The fraction of sp³-hybridized carbons (Fsp3) is 0.538. The fourth-order valence-electron chi connectivity index (χ4n) is 1.99. The maximum Gasteiger partial charge on any atom is 0.119 e. The molecule has 1 fully saturated rings. The highest BCUT2D eigenvalue weighted by molar-refractivity contribution is 5.29. The Bertz CT molecular complexity index is 288. The molecule has 1 aromatic carbocycles. The van der Waals surface area contributed by atoms with Gasteiger partial charge in [-0.3, -0.25) is 0 Å². The van der Waals surface area contributed by atoms with Crippen LogP contribution in [0.25, 0.3) is 0 Å². The summed E-state index contributed by atoms with van der Waals surface area (Å²) in [6.45, 7) is 4.08. The van der Waals surface area contributed by atoms with Crippen LogP contribution in [0.1, 0.15) is 37.8 Å². The van der Waals surface area contributed by atoms with Crippen LogP contribution in [-0.4, -0.2) is 13.2 Å². The Kier molecular flexibility index (Phi) is 3.62. The average molecular weight is 205 g/mol. The van der Waals surface area contributed by atoms with Crippen molar-refractivity contribution in [2.75, 3.05) is 13.2 Å². The molecule has 2 nitrogen and oxygen atoms in total. The van der Waals surface area contributed by atoms with Crippen LogP contribution in [0.4, 0.5) is 0 Å². The third-order valence-corrected chi connectivity index (χ3v) is 2.82. The first-order valence-electron chi connectivity index (χ1n) is 5.86. The summed E-state index contributed by atoms with van der Waals surface area (Å²) in [5.74, 6) is 0.985. The van der Waals surface area contributed by atoms with E-state index in [9.17, 15) is 0 Å². The van der Waals surface area contributed by atoms with Gasteiger partial charge in [-0.15, -0.1) is 0 Å². The molecule has 0 spiro atoms. The van der Waals surface area contributed by atoms with Gasteiger partial charge in [-0.1, -0.05) is 19.1 Å². The zero-order chi connectivity index (χ0) is 10.5. The van der Waals surface area contributed by atoms with Crippen LogP contribution in [0.15, 0.2) is 24.3 Å². The minimum absolute atomic E-state index is 0.560. The minimum Gasteiger partial charge on any atom is -0.494 e. The first-order valence-corrected chi connectivity index (χ1v) is 5.86. The summed E-state index contributed by atoms with van der Waals surface area (Å²) in [5.41, 5.74) is 1.39. The van der Waals surface area contributed by atoms with Gasteiger partial charge in [0.05, 0.1) is 6.61 Å². The van der Waals surface area contributed by atoms with E-state index < -0.39 is 0 Å². The van der Waals surface area contributed by atoms with Crippen molar-refractivity contribution in [1.29, 1.82) is 0 Å². The first kappa shape index (κ1) is 10.5. The van der Waals surface area contributed by atoms with E-state index in [0.29, 0.717) is 6.04 Å². The largest absolute Gasteiger partial charge is 0.494 e. The van der Waals surface area contributed by atoms with Crippen LogP contribution in [0.5, 0.6) is 5.75 Å². The smallest absolute Gasteiger partial charge is 0.119 e. The van der Waals surface area contributed by atoms with Gasteiger partial charge in [-0.2, -0.15) is 0 Å². The van der Waals surface area contributed by atoms with Crippen molar-refractivity contribution in [1.82, 2.24) is 5.32 Å². The summed E-state index contributed by atoms with van der Waals surface area (Å²) in [6.07, 6.45) is 3.61. The minimum atomic E-state index is 0.560. The lowest BCUT2D eigenvalue weighted by molar-refractivity contribution is 0.317. The molecule has 0 unspecified atom stereocenters. The Morgan fingerprint density at radius 1 is 1.33 bits per heavy atom. The molecule has 0 amide bonds. The summed E-state index contributed by atoms with van der Waals surface area (Å²) in [6, 6.07) is 9.06. The van der Waals surface area contributed by atoms with Crippen molar-refractivity contribution in [3.63, 3.8) is 0 Å². The molecule has 1 aliphatic rings. The SMILES string of the molecule is CCCOc1ccc([C@H]2CCCN2)cc1. The number of rotatable bonds is 4. The molecule has 82 valence electrons. The van der Waals surface area contributed by atoms with Gasteiger partial charge >= 0.3 is 0 Å². The molecule has 1 aromatic rings. The zero-order valence-corrected chi connectivity index (χ0v) is 9.33. The van der Waals surface area contributed by atoms with E-state index in [1.165, 1.54) is 18.4 Å². The quantitative estimate of drug-likeness (QED) is 0.816. The topological polar surface area (TPSA) is 21.3 Å². The van der Waals surface area contributed by atoms with Gasteiger partial charge in [0.15, 0.2) is 0 Å². The Labute approximate surface area is 91.6 Å². The number of hydrogen-bond acceptors (Lipinski definition) is 2. The first-order chi connectivity index (χ1) is 7.40. The predicted octanol–water partition coefficient (Wildman–Crippen LogP) is 2.90. The summed E-state index contributed by atoms with van der Waals surface area (Å²) in [5, 5.41) is 3.49. The second kappa shape index (κ2) is 5.17. The van der Waals surface area contributed by atoms with Crippen LogP contribution in [-0.2, 0) is 0 Å². The molecule has 0 aromatic heterocycles. The Morgan fingerprint density at radius 3 is 2.73 bits per heavy atom. The second-order valence-corrected chi connectivity index (χ2v) is 4.07. The van der Waals surface area contributed by atoms with Crippen LogP contribution in [0, 0.1) is 0 Å². The molecule has 1 aliphatic heterocycles. The summed E-state index contributed by atoms with van der Waals surface area (Å²) < 4.78 is 5.55. The Morgan fingerprint density at radius 2 is 2.13 bits per heavy atom. The van der Waals surface area contributed by atoms with Crippen LogP contribution >= 0.6 is 0 Å². The highest BCUT2D eigenvalue weighted by Gasteiger charge is 2.15. The maximum atomic E-state index is 5.55. The molecule has 1 heterocycles. The highest BCUT2D eigenvalue weighted by atomic mass is 16.5. The van der Waals surface area contributed by atoms with E-state index in [1.54, 1.807) is 0 Å². The third-order valence-electron chi connectivity index (χ3n) is 2.82. The second-order valence-electron chi connectivity index (χ2n) is 4.07. The monoisotopic (exact) mass is 205 g/mol. The lowest BCUT2D eigenvalue weighted by atomic mass is 10.1. The highest BCUT2D eigenvalue weighted by Crippen LogP contribution is 2.24. The van der Waals surface area contributed by atoms with E-state index in [2.05, 4.69) is 36.5 Å². The van der Waals surface area contributed by atoms with Gasteiger partial charge in [-0.05, 0) is 43.5 Å². The molecule has 15 heavy (non-hydrogen) atoms. The van der Waals surface area contributed by atoms with Crippen molar-refractivity contribution in [2.24, 2.45) is 0 Å². The van der Waals surface area contributed by atoms with Crippen LogP contribution in [0.2, 0.25) is 0 Å². The third kappa shape index (κ3) is 2.72. The Hall–Kier alpha value is -1.02. The van der Waals surface area contributed by atoms with Crippen molar-refractivity contribution < 1.29 is 4.74 Å². The van der Waals surface area contributed by atoms with Crippen molar-refractivity contribution in [3.05, 3.63) is 29.8 Å². The Balaban J connectivity index is 1.96. The molecule has 0 saturated carbocycles. The van der Waals surface area contributed by atoms with Crippen LogP contribution < -0.4 is 10.1 Å². The van der Waals surface area contributed by atoms with Crippen molar-refractivity contribution in [3.8, 4) is 5.75 Å². The van der Waals surface area contributed by atoms with Crippen LogP contribution in [0.3, 0.4) is 0 Å². The van der Waals surface area contributed by atoms with Gasteiger partial charge in [0, 0.05) is 6.04 Å². The molecule has 0 aliphatic carbocycles. The summed E-state index contributed by atoms with van der Waals surface area (Å²) in [4.78, 5) is 0. The zero-order valence-electron chi connectivity index (χ0n) is 9.33. The molecule has 2 rings (SSSR count). The molecular weight excluding hydrogens is 186 g/mol. The van der Waals surface area contributed by atoms with Gasteiger partial charge in [0.25, 0.3) is 0 Å². The van der Waals surface area contributed by atoms with Crippen molar-refractivity contribution >= 4 is 0 Å². The van der Waals surface area contributed by atoms with Gasteiger partial charge in [0.2, 0.25) is 0 Å². The summed E-state index contributed by atoms with van der Waals surface area (Å²) >= 11 is 0. The summed E-state index contributed by atoms with van der Waals surface area (Å²) in [7, 11) is 0.